The molecule has 5 nitrogen and oxygen atoms in total. The Kier molecular flexibility index (Phi) is 3.74. The van der Waals surface area contributed by atoms with Crippen LogP contribution in [0.15, 0.2) is 71.8 Å². The lowest BCUT2D eigenvalue weighted by molar-refractivity contribution is 1.32. The molecule has 0 atom stereocenters. The zero-order chi connectivity index (χ0) is 18.4. The normalized spacial score (nSPS) is 11.1. The Morgan fingerprint density at radius 1 is 0.889 bits per heavy atom. The maximum atomic E-state index is 8.73. The fraction of sp³-hybridized carbons (Fsp3) is 0. The van der Waals surface area contributed by atoms with Crippen molar-refractivity contribution >= 4 is 60.9 Å². The van der Waals surface area contributed by atoms with E-state index in [9.17, 15) is 0 Å². The van der Waals surface area contributed by atoms with Crippen molar-refractivity contribution in [2.75, 3.05) is 0 Å². The number of aromatic nitrogens is 2. The number of hydrogen-bond acceptors (Lipinski definition) is 2. The molecule has 5 aromatic rings. The van der Waals surface area contributed by atoms with E-state index in [4.69, 9.17) is 10.5 Å². The molecule has 0 bridgehead atoms. The SMILES string of the molecule is [N-]=[N+]=Nc1ccc(I)c(-c2nc3c4ccccc4c4ccccc4c3[nH]2)c1. The smallest absolute Gasteiger partial charge is 0.139 e. The topological polar surface area (TPSA) is 77.4 Å². The van der Waals surface area contributed by atoms with Gasteiger partial charge in [-0.2, -0.15) is 0 Å². The lowest BCUT2D eigenvalue weighted by Gasteiger charge is -2.05. The molecule has 0 aliphatic heterocycles. The highest BCUT2D eigenvalue weighted by atomic mass is 127. The number of nitrogens with zero attached hydrogens (tertiary/aromatic N) is 4. The molecule has 6 heteroatoms. The van der Waals surface area contributed by atoms with Gasteiger partial charge in [0.05, 0.1) is 11.0 Å². The van der Waals surface area contributed by atoms with Gasteiger partial charge in [0.2, 0.25) is 0 Å². The summed E-state index contributed by atoms with van der Waals surface area (Å²) in [6.45, 7) is 0. The van der Waals surface area contributed by atoms with Crippen LogP contribution < -0.4 is 0 Å². The third kappa shape index (κ3) is 2.53. The van der Waals surface area contributed by atoms with Crippen molar-refractivity contribution in [3.8, 4) is 11.4 Å². The van der Waals surface area contributed by atoms with Gasteiger partial charge >= 0.3 is 0 Å². The van der Waals surface area contributed by atoms with E-state index < -0.39 is 0 Å². The second kappa shape index (κ2) is 6.26. The molecule has 128 valence electrons. The average molecular weight is 461 g/mol. The number of azide groups is 1. The molecule has 0 saturated carbocycles. The van der Waals surface area contributed by atoms with Crippen molar-refractivity contribution in [2.24, 2.45) is 5.11 Å². The van der Waals surface area contributed by atoms with Gasteiger partial charge in [0.25, 0.3) is 0 Å². The fourth-order valence-corrected chi connectivity index (χ4v) is 4.15. The summed E-state index contributed by atoms with van der Waals surface area (Å²) in [5.41, 5.74) is 12.2. The predicted molar refractivity (Wildman–Crippen MR) is 118 cm³/mol. The molecule has 0 aliphatic carbocycles. The van der Waals surface area contributed by atoms with Crippen molar-refractivity contribution in [3.05, 3.63) is 80.7 Å². The number of hydrogen-bond donors (Lipinski definition) is 1. The number of benzene rings is 4. The molecule has 0 amide bonds. The molecular weight excluding hydrogens is 449 g/mol. The number of rotatable bonds is 2. The molecule has 27 heavy (non-hydrogen) atoms. The second-order valence-electron chi connectivity index (χ2n) is 6.25. The van der Waals surface area contributed by atoms with Crippen molar-refractivity contribution in [1.82, 2.24) is 9.97 Å². The molecular formula is C21H12IN5. The number of fused-ring (bicyclic) bond motifs is 6. The van der Waals surface area contributed by atoms with Crippen molar-refractivity contribution < 1.29 is 0 Å². The van der Waals surface area contributed by atoms with Crippen LogP contribution in [0.2, 0.25) is 0 Å². The molecule has 4 aromatic carbocycles. The van der Waals surface area contributed by atoms with Crippen LogP contribution >= 0.6 is 22.6 Å². The van der Waals surface area contributed by atoms with E-state index in [1.165, 1.54) is 10.8 Å². The third-order valence-electron chi connectivity index (χ3n) is 4.74. The van der Waals surface area contributed by atoms with E-state index in [2.05, 4.69) is 74.0 Å². The van der Waals surface area contributed by atoms with Crippen LogP contribution in [0.1, 0.15) is 0 Å². The van der Waals surface area contributed by atoms with Gasteiger partial charge in [-0.25, -0.2) is 4.98 Å². The summed E-state index contributed by atoms with van der Waals surface area (Å²) >= 11 is 2.28. The molecule has 1 N–H and O–H groups in total. The molecule has 5 rings (SSSR count). The number of halogens is 1. The molecule has 0 aliphatic rings. The summed E-state index contributed by atoms with van der Waals surface area (Å²) in [5, 5.41) is 8.38. The molecule has 1 heterocycles. The van der Waals surface area contributed by atoms with E-state index >= 15 is 0 Å². The Balaban J connectivity index is 1.90. The Morgan fingerprint density at radius 2 is 1.56 bits per heavy atom. The molecule has 0 saturated heterocycles. The first-order valence-electron chi connectivity index (χ1n) is 8.40. The van der Waals surface area contributed by atoms with Gasteiger partial charge < -0.3 is 4.98 Å². The van der Waals surface area contributed by atoms with E-state index in [0.717, 1.165) is 36.8 Å². The van der Waals surface area contributed by atoms with Crippen molar-refractivity contribution in [3.63, 3.8) is 0 Å². The quantitative estimate of drug-likeness (QED) is 0.0985. The Morgan fingerprint density at radius 3 is 2.30 bits per heavy atom. The summed E-state index contributed by atoms with van der Waals surface area (Å²) < 4.78 is 1.04. The van der Waals surface area contributed by atoms with Gasteiger partial charge in [0, 0.05) is 30.5 Å². The molecule has 1 aromatic heterocycles. The van der Waals surface area contributed by atoms with Crippen LogP contribution in [0, 0.1) is 3.57 Å². The first-order valence-corrected chi connectivity index (χ1v) is 9.48. The van der Waals surface area contributed by atoms with Crippen LogP contribution in [0.5, 0.6) is 0 Å². The van der Waals surface area contributed by atoms with Crippen molar-refractivity contribution in [1.29, 1.82) is 0 Å². The molecule has 0 unspecified atom stereocenters. The Hall–Kier alpha value is -3.09. The zero-order valence-corrected chi connectivity index (χ0v) is 16.2. The summed E-state index contributed by atoms with van der Waals surface area (Å²) in [6.07, 6.45) is 0. The Labute approximate surface area is 167 Å². The number of H-pyrrole nitrogens is 1. The maximum Gasteiger partial charge on any atom is 0.139 e. The fourth-order valence-electron chi connectivity index (χ4n) is 3.56. The number of imidazole rings is 1. The van der Waals surface area contributed by atoms with E-state index in [-0.39, 0.29) is 0 Å². The minimum absolute atomic E-state index is 0.572. The molecule has 0 spiro atoms. The summed E-state index contributed by atoms with van der Waals surface area (Å²) in [6, 6.07) is 22.3. The van der Waals surface area contributed by atoms with E-state index in [0.29, 0.717) is 5.69 Å². The largest absolute Gasteiger partial charge is 0.337 e. The van der Waals surface area contributed by atoms with Gasteiger partial charge in [-0.3, -0.25) is 0 Å². The van der Waals surface area contributed by atoms with Gasteiger partial charge in [0.15, 0.2) is 0 Å². The zero-order valence-electron chi connectivity index (χ0n) is 14.0. The van der Waals surface area contributed by atoms with Gasteiger partial charge in [-0.1, -0.05) is 59.7 Å². The van der Waals surface area contributed by atoms with Gasteiger partial charge in [0.1, 0.15) is 5.82 Å². The number of aromatic amines is 1. The maximum absolute atomic E-state index is 8.73. The lowest BCUT2D eigenvalue weighted by Crippen LogP contribution is -1.84. The first kappa shape index (κ1) is 16.1. The summed E-state index contributed by atoms with van der Waals surface area (Å²) in [7, 11) is 0. The number of nitrogens with one attached hydrogen (secondary N) is 1. The minimum Gasteiger partial charge on any atom is -0.337 e. The average Bonchev–Trinajstić information content (AvgIpc) is 3.15. The van der Waals surface area contributed by atoms with Crippen molar-refractivity contribution in [2.45, 2.75) is 0 Å². The first-order chi connectivity index (χ1) is 13.3. The standard InChI is InChI=1S/C21H12IN5/c22-18-10-9-12(26-27-23)11-17(18)21-24-19-15-7-3-1-5-13(15)14-6-2-4-8-16(14)20(19)25-21/h1-11H,(H,24,25). The van der Waals surface area contributed by atoms with Crippen LogP contribution in [0.4, 0.5) is 5.69 Å². The van der Waals surface area contributed by atoms with Crippen LogP contribution in [-0.2, 0) is 0 Å². The monoisotopic (exact) mass is 461 g/mol. The highest BCUT2D eigenvalue weighted by molar-refractivity contribution is 14.1. The van der Waals surface area contributed by atoms with Gasteiger partial charge in [-0.05, 0) is 51.0 Å². The third-order valence-corrected chi connectivity index (χ3v) is 5.68. The van der Waals surface area contributed by atoms with Gasteiger partial charge in [-0.15, -0.1) is 0 Å². The van der Waals surface area contributed by atoms with E-state index in [1.807, 2.05) is 24.3 Å². The minimum atomic E-state index is 0.572. The molecule has 0 fully saturated rings. The second-order valence-corrected chi connectivity index (χ2v) is 7.42. The summed E-state index contributed by atoms with van der Waals surface area (Å²) in [5.74, 6) is 0.769. The molecule has 0 radical (unpaired) electrons. The Bertz CT molecular complexity index is 1320. The van der Waals surface area contributed by atoms with Crippen LogP contribution in [-0.4, -0.2) is 9.97 Å². The van der Waals surface area contributed by atoms with E-state index in [1.54, 1.807) is 6.07 Å². The highest BCUT2D eigenvalue weighted by Gasteiger charge is 2.15. The predicted octanol–water partition coefficient (Wildman–Crippen LogP) is 7.08. The lowest BCUT2D eigenvalue weighted by atomic mass is 10.0. The highest BCUT2D eigenvalue weighted by Crippen LogP contribution is 2.36. The van der Waals surface area contributed by atoms with Crippen LogP contribution in [0.3, 0.4) is 0 Å². The summed E-state index contributed by atoms with van der Waals surface area (Å²) in [4.78, 5) is 11.3. The van der Waals surface area contributed by atoms with Crippen LogP contribution in [0.25, 0.3) is 54.4 Å².